The van der Waals surface area contributed by atoms with Crippen molar-refractivity contribution in [2.24, 2.45) is 0 Å². The highest BCUT2D eigenvalue weighted by atomic mass is 32.2. The van der Waals surface area contributed by atoms with E-state index in [0.29, 0.717) is 17.1 Å². The molecule has 0 unspecified atom stereocenters. The summed E-state index contributed by atoms with van der Waals surface area (Å²) in [6, 6.07) is 16.3. The molecule has 0 N–H and O–H groups in total. The maximum atomic E-state index is 13.3. The molecule has 0 radical (unpaired) electrons. The molecule has 1 aromatic heterocycles. The van der Waals surface area contributed by atoms with Gasteiger partial charge in [-0.25, -0.2) is 13.4 Å². The van der Waals surface area contributed by atoms with Crippen molar-refractivity contribution in [2.45, 2.75) is 11.1 Å². The molecular weight excluding hydrogens is 429 g/mol. The van der Waals surface area contributed by atoms with Gasteiger partial charge in [0.25, 0.3) is 0 Å². The fourth-order valence-electron chi connectivity index (χ4n) is 3.00. The van der Waals surface area contributed by atoms with E-state index in [1.165, 1.54) is 30.5 Å². The van der Waals surface area contributed by atoms with Gasteiger partial charge in [0.2, 0.25) is 0 Å². The number of fused-ring (bicyclic) bond motifs is 1. The molecule has 0 amide bonds. The maximum Gasteiger partial charge on any atom is 0.418 e. The van der Waals surface area contributed by atoms with Crippen molar-refractivity contribution in [1.82, 2.24) is 9.97 Å². The third kappa shape index (κ3) is 4.51. The molecule has 0 aliphatic rings. The van der Waals surface area contributed by atoms with Gasteiger partial charge in [-0.3, -0.25) is 4.98 Å². The van der Waals surface area contributed by atoms with E-state index in [4.69, 9.17) is 4.74 Å². The summed E-state index contributed by atoms with van der Waals surface area (Å²) >= 11 is 0. The lowest BCUT2D eigenvalue weighted by Crippen LogP contribution is -2.07. The summed E-state index contributed by atoms with van der Waals surface area (Å²) in [6.07, 6.45) is -2.02. The van der Waals surface area contributed by atoms with Crippen molar-refractivity contribution in [3.63, 3.8) is 0 Å². The van der Waals surface area contributed by atoms with E-state index in [1.54, 1.807) is 36.4 Å². The van der Waals surface area contributed by atoms with Gasteiger partial charge in [-0.15, -0.1) is 0 Å². The van der Waals surface area contributed by atoms with Crippen LogP contribution in [0, 0.1) is 0 Å². The summed E-state index contributed by atoms with van der Waals surface area (Å²) < 4.78 is 68.9. The lowest BCUT2D eigenvalue weighted by atomic mass is 10.1. The number of sulfone groups is 1. The van der Waals surface area contributed by atoms with E-state index in [-0.39, 0.29) is 21.6 Å². The molecule has 0 saturated heterocycles. The zero-order chi connectivity index (χ0) is 22.2. The van der Waals surface area contributed by atoms with Crippen molar-refractivity contribution < 1.29 is 26.3 Å². The van der Waals surface area contributed by atoms with Gasteiger partial charge in [0.15, 0.2) is 9.84 Å². The summed E-state index contributed by atoms with van der Waals surface area (Å²) in [7, 11) is -3.37. The number of hydrogen-bond donors (Lipinski definition) is 0. The van der Waals surface area contributed by atoms with E-state index in [9.17, 15) is 21.6 Å². The van der Waals surface area contributed by atoms with Crippen LogP contribution in [0.5, 0.6) is 11.5 Å². The highest BCUT2D eigenvalue weighted by Crippen LogP contribution is 2.34. The lowest BCUT2D eigenvalue weighted by molar-refractivity contribution is -0.136. The monoisotopic (exact) mass is 444 g/mol. The van der Waals surface area contributed by atoms with Crippen LogP contribution < -0.4 is 4.74 Å². The van der Waals surface area contributed by atoms with Gasteiger partial charge < -0.3 is 4.74 Å². The quantitative estimate of drug-likeness (QED) is 0.415. The number of nitrogens with zero attached hydrogens (tertiary/aromatic N) is 2. The first-order valence-electron chi connectivity index (χ1n) is 9.03. The minimum absolute atomic E-state index is 0.133. The largest absolute Gasteiger partial charge is 0.457 e. The second kappa shape index (κ2) is 7.66. The van der Waals surface area contributed by atoms with Crippen molar-refractivity contribution in [1.29, 1.82) is 0 Å². The third-order valence-corrected chi connectivity index (χ3v) is 5.61. The zero-order valence-corrected chi connectivity index (χ0v) is 16.9. The van der Waals surface area contributed by atoms with Gasteiger partial charge in [0, 0.05) is 11.8 Å². The number of hydrogen-bond acceptors (Lipinski definition) is 5. The average Bonchev–Trinajstić information content (AvgIpc) is 2.72. The molecule has 9 heteroatoms. The Morgan fingerprint density at radius 2 is 1.61 bits per heavy atom. The fraction of sp³-hybridized carbons (Fsp3) is 0.0909. The molecule has 0 aliphatic heterocycles. The van der Waals surface area contributed by atoms with Crippen LogP contribution in [-0.4, -0.2) is 24.6 Å². The average molecular weight is 444 g/mol. The van der Waals surface area contributed by atoms with Crippen LogP contribution in [-0.2, 0) is 16.0 Å². The van der Waals surface area contributed by atoms with Crippen molar-refractivity contribution in [2.75, 3.05) is 6.26 Å². The molecule has 0 atom stereocenters. The molecular formula is C22H15F3N2O3S. The normalized spacial score (nSPS) is 12.1. The number of ether oxygens (including phenoxy) is 1. The van der Waals surface area contributed by atoms with Crippen LogP contribution in [0.4, 0.5) is 13.2 Å². The summed E-state index contributed by atoms with van der Waals surface area (Å²) in [6.45, 7) is 0. The predicted octanol–water partition coefficient (Wildman–Crippen LogP) is 5.51. The zero-order valence-electron chi connectivity index (χ0n) is 16.1. The molecule has 0 spiro atoms. The van der Waals surface area contributed by atoms with Crippen LogP contribution in [0.3, 0.4) is 0 Å². The smallest absolute Gasteiger partial charge is 0.418 e. The van der Waals surface area contributed by atoms with Crippen LogP contribution in [0.1, 0.15) is 5.56 Å². The second-order valence-corrected chi connectivity index (χ2v) is 8.82. The van der Waals surface area contributed by atoms with Gasteiger partial charge in [-0.2, -0.15) is 13.2 Å². The Balaban J connectivity index is 1.64. The Morgan fingerprint density at radius 3 is 2.29 bits per heavy atom. The highest BCUT2D eigenvalue weighted by Gasteiger charge is 2.33. The summed E-state index contributed by atoms with van der Waals surface area (Å²) in [5.41, 5.74) is -0.0572. The van der Waals surface area contributed by atoms with E-state index < -0.39 is 21.6 Å². The van der Waals surface area contributed by atoms with Crippen LogP contribution in [0.2, 0.25) is 0 Å². The fourth-order valence-corrected chi connectivity index (χ4v) is 3.65. The standard InChI is InChI=1S/C22H15F3N2O3S/c1-31(28,29)17-5-2-4-16(12-17)30-15-10-8-14(9-11-15)20-13-26-19-7-3-6-18(21(19)27-20)22(23,24)25/h2-13H,1H3. The Kier molecular flexibility index (Phi) is 5.14. The Labute approximate surface area is 176 Å². The highest BCUT2D eigenvalue weighted by molar-refractivity contribution is 7.90. The summed E-state index contributed by atoms with van der Waals surface area (Å²) in [5.74, 6) is 0.773. The summed E-state index contributed by atoms with van der Waals surface area (Å²) in [4.78, 5) is 8.41. The number of alkyl halides is 3. The number of aromatic nitrogens is 2. The van der Waals surface area contributed by atoms with E-state index in [1.807, 2.05) is 0 Å². The minimum Gasteiger partial charge on any atom is -0.457 e. The molecule has 5 nitrogen and oxygen atoms in total. The number of rotatable bonds is 4. The lowest BCUT2D eigenvalue weighted by Gasteiger charge is -2.11. The molecule has 0 fully saturated rings. The number of benzene rings is 3. The molecule has 0 aliphatic carbocycles. The minimum atomic E-state index is -4.54. The Morgan fingerprint density at radius 1 is 0.903 bits per heavy atom. The van der Waals surface area contributed by atoms with Crippen molar-refractivity contribution >= 4 is 20.9 Å². The Bertz CT molecular complexity index is 1370. The maximum absolute atomic E-state index is 13.3. The molecule has 3 aromatic carbocycles. The number of para-hydroxylation sites is 1. The van der Waals surface area contributed by atoms with E-state index in [2.05, 4.69) is 9.97 Å². The van der Waals surface area contributed by atoms with Crippen LogP contribution in [0.15, 0.2) is 77.8 Å². The molecule has 0 saturated carbocycles. The van der Waals surface area contributed by atoms with Gasteiger partial charge >= 0.3 is 6.18 Å². The predicted molar refractivity (Wildman–Crippen MR) is 110 cm³/mol. The first kappa shape index (κ1) is 20.8. The first-order chi connectivity index (χ1) is 14.6. The summed E-state index contributed by atoms with van der Waals surface area (Å²) in [5, 5.41) is 0. The molecule has 0 bridgehead atoms. The molecule has 158 valence electrons. The molecule has 4 aromatic rings. The van der Waals surface area contributed by atoms with E-state index in [0.717, 1.165) is 12.3 Å². The molecule has 1 heterocycles. The molecule has 31 heavy (non-hydrogen) atoms. The number of halogens is 3. The third-order valence-electron chi connectivity index (χ3n) is 4.50. The van der Waals surface area contributed by atoms with Crippen LogP contribution in [0.25, 0.3) is 22.3 Å². The second-order valence-electron chi connectivity index (χ2n) is 6.80. The molecule has 4 rings (SSSR count). The van der Waals surface area contributed by atoms with Crippen molar-refractivity contribution in [3.05, 3.63) is 78.5 Å². The van der Waals surface area contributed by atoms with Gasteiger partial charge in [-0.1, -0.05) is 12.1 Å². The van der Waals surface area contributed by atoms with Gasteiger partial charge in [0.1, 0.15) is 17.0 Å². The van der Waals surface area contributed by atoms with Gasteiger partial charge in [0.05, 0.1) is 27.9 Å². The van der Waals surface area contributed by atoms with Crippen molar-refractivity contribution in [3.8, 4) is 22.8 Å². The SMILES string of the molecule is CS(=O)(=O)c1cccc(Oc2ccc(-c3cnc4cccc(C(F)(F)F)c4n3)cc2)c1. The van der Waals surface area contributed by atoms with Gasteiger partial charge in [-0.05, 0) is 54.6 Å². The Hall–Kier alpha value is -3.46. The topological polar surface area (TPSA) is 69.2 Å². The van der Waals surface area contributed by atoms with Crippen LogP contribution >= 0.6 is 0 Å². The first-order valence-corrected chi connectivity index (χ1v) is 10.9. The van der Waals surface area contributed by atoms with E-state index >= 15 is 0 Å².